The van der Waals surface area contributed by atoms with E-state index in [9.17, 15) is 4.21 Å². The van der Waals surface area contributed by atoms with Gasteiger partial charge in [0.25, 0.3) is 0 Å². The molecular weight excluding hydrogens is 292 g/mol. The van der Waals surface area contributed by atoms with Crippen molar-refractivity contribution in [3.63, 3.8) is 0 Å². The summed E-state index contributed by atoms with van der Waals surface area (Å²) in [7, 11) is -1.26. The summed E-state index contributed by atoms with van der Waals surface area (Å²) >= 11 is 5.90. The molecule has 1 aromatic carbocycles. The molecule has 5 heteroatoms. The summed E-state index contributed by atoms with van der Waals surface area (Å²) in [6.07, 6.45) is 1.74. The molecule has 3 nitrogen and oxygen atoms in total. The average molecular weight is 309 g/mol. The van der Waals surface area contributed by atoms with Gasteiger partial charge in [0, 0.05) is 11.6 Å². The Bertz CT molecular complexity index is 705. The third kappa shape index (κ3) is 3.44. The first-order valence-corrected chi connectivity index (χ1v) is 7.79. The first-order valence-electron chi connectivity index (χ1n) is 6.30. The van der Waals surface area contributed by atoms with Crippen LogP contribution in [0, 0.1) is 0 Å². The van der Waals surface area contributed by atoms with Crippen LogP contribution in [0.15, 0.2) is 34.9 Å². The van der Waals surface area contributed by atoms with Crippen LogP contribution in [0.2, 0.25) is 5.15 Å². The molecule has 0 aliphatic rings. The van der Waals surface area contributed by atoms with Crippen molar-refractivity contribution in [2.75, 3.05) is 0 Å². The lowest BCUT2D eigenvalue weighted by Crippen LogP contribution is -2.20. The zero-order valence-electron chi connectivity index (χ0n) is 12.0. The molecule has 0 saturated heterocycles. The first-order chi connectivity index (χ1) is 9.27. The Labute approximate surface area is 126 Å². The van der Waals surface area contributed by atoms with Crippen LogP contribution >= 0.6 is 11.6 Å². The number of rotatable bonds is 2. The van der Waals surface area contributed by atoms with E-state index in [1.54, 1.807) is 6.20 Å². The second-order valence-electron chi connectivity index (χ2n) is 5.61. The van der Waals surface area contributed by atoms with Gasteiger partial charge in [0.05, 0.1) is 10.5 Å². The van der Waals surface area contributed by atoms with E-state index in [1.165, 1.54) is 0 Å². The van der Waals surface area contributed by atoms with Crippen molar-refractivity contribution in [3.05, 3.63) is 41.2 Å². The minimum atomic E-state index is -1.26. The lowest BCUT2D eigenvalue weighted by molar-refractivity contribution is 0.650. The molecule has 0 aliphatic heterocycles. The normalized spacial score (nSPS) is 14.6. The fourth-order valence-corrected chi connectivity index (χ4v) is 2.45. The molecule has 1 heterocycles. The maximum absolute atomic E-state index is 12.1. The fraction of sp³-hybridized carbons (Fsp3) is 0.333. The Morgan fingerprint density at radius 3 is 2.60 bits per heavy atom. The lowest BCUT2D eigenvalue weighted by Gasteiger charge is -2.14. The number of pyridine rings is 1. The topological polar surface area (TPSA) is 42.3 Å². The summed E-state index contributed by atoms with van der Waals surface area (Å²) in [4.78, 5) is 4.05. The van der Waals surface area contributed by atoms with E-state index in [0.717, 1.165) is 22.0 Å². The van der Waals surface area contributed by atoms with E-state index in [2.05, 4.69) is 9.38 Å². The van der Waals surface area contributed by atoms with Crippen molar-refractivity contribution in [3.8, 4) is 0 Å². The molecule has 0 radical (unpaired) electrons. The molecule has 0 saturated carbocycles. The minimum absolute atomic E-state index is 0.356. The predicted molar refractivity (Wildman–Crippen MR) is 86.9 cm³/mol. The average Bonchev–Trinajstić information content (AvgIpc) is 2.36. The number of aromatic nitrogens is 1. The standard InChI is InChI=1S/C15H17ClN2OS/c1-10(18-20(19)15(2,3)4)11-5-6-12-9-17-14(16)8-13(12)7-11/h5-9H,1-4H3/b18-10+/t20-/m1/s1. The summed E-state index contributed by atoms with van der Waals surface area (Å²) in [5.74, 6) is 0. The van der Waals surface area contributed by atoms with Gasteiger partial charge in [0.2, 0.25) is 0 Å². The molecule has 0 bridgehead atoms. The first kappa shape index (κ1) is 15.1. The Morgan fingerprint density at radius 1 is 1.25 bits per heavy atom. The van der Waals surface area contributed by atoms with Crippen LogP contribution in [0.5, 0.6) is 0 Å². The maximum atomic E-state index is 12.1. The van der Waals surface area contributed by atoms with Crippen LogP contribution in [-0.4, -0.2) is 19.7 Å². The van der Waals surface area contributed by atoms with Gasteiger partial charge in [-0.25, -0.2) is 9.19 Å². The number of halogens is 1. The molecule has 0 N–H and O–H groups in total. The highest BCUT2D eigenvalue weighted by atomic mass is 35.5. The molecule has 106 valence electrons. The molecule has 2 rings (SSSR count). The number of nitrogens with zero attached hydrogens (tertiary/aromatic N) is 2. The second kappa shape index (κ2) is 5.62. The highest BCUT2D eigenvalue weighted by molar-refractivity contribution is 7.85. The third-order valence-electron chi connectivity index (χ3n) is 2.85. The van der Waals surface area contributed by atoms with Gasteiger partial charge in [-0.15, -0.1) is 0 Å². The third-order valence-corrected chi connectivity index (χ3v) is 4.54. The number of hydrogen-bond acceptors (Lipinski definition) is 2. The van der Waals surface area contributed by atoms with Gasteiger partial charge in [-0.1, -0.05) is 23.7 Å². The highest BCUT2D eigenvalue weighted by Crippen LogP contribution is 2.20. The van der Waals surface area contributed by atoms with Gasteiger partial charge in [-0.3, -0.25) is 0 Å². The Morgan fingerprint density at radius 2 is 1.95 bits per heavy atom. The Balaban J connectivity index is 2.42. The quantitative estimate of drug-likeness (QED) is 0.617. The van der Waals surface area contributed by atoms with E-state index < -0.39 is 11.0 Å². The maximum Gasteiger partial charge on any atom is 0.145 e. The lowest BCUT2D eigenvalue weighted by atomic mass is 10.1. The monoisotopic (exact) mass is 308 g/mol. The summed E-state index contributed by atoms with van der Waals surface area (Å²) < 4.78 is 16.0. The van der Waals surface area contributed by atoms with Gasteiger partial charge < -0.3 is 0 Å². The zero-order chi connectivity index (χ0) is 14.9. The number of hydrogen-bond donors (Lipinski definition) is 0. The molecule has 20 heavy (non-hydrogen) atoms. The van der Waals surface area contributed by atoms with Gasteiger partial charge in [-0.2, -0.15) is 4.40 Å². The van der Waals surface area contributed by atoms with Crippen LogP contribution in [0.4, 0.5) is 0 Å². The molecular formula is C15H17ClN2OS. The van der Waals surface area contributed by atoms with Crippen molar-refractivity contribution in [2.45, 2.75) is 32.4 Å². The molecule has 2 aromatic rings. The van der Waals surface area contributed by atoms with Crippen LogP contribution in [0.3, 0.4) is 0 Å². The second-order valence-corrected chi connectivity index (χ2v) is 7.90. The smallest absolute Gasteiger partial charge is 0.145 e. The van der Waals surface area contributed by atoms with Crippen molar-refractivity contribution in [2.24, 2.45) is 4.40 Å². The van der Waals surface area contributed by atoms with E-state index in [0.29, 0.717) is 5.15 Å². The molecule has 0 spiro atoms. The number of fused-ring (bicyclic) bond motifs is 1. The van der Waals surface area contributed by atoms with Crippen LogP contribution in [-0.2, 0) is 11.0 Å². The predicted octanol–water partition coefficient (Wildman–Crippen LogP) is 4.16. The Kier molecular flexibility index (Phi) is 4.25. The van der Waals surface area contributed by atoms with Crippen molar-refractivity contribution >= 4 is 39.1 Å². The van der Waals surface area contributed by atoms with Gasteiger partial charge in [0.15, 0.2) is 0 Å². The SMILES string of the molecule is C/C(=N\[S@](=O)C(C)(C)C)c1ccc2cnc(Cl)cc2c1. The number of benzene rings is 1. The van der Waals surface area contributed by atoms with E-state index in [1.807, 2.05) is 52.0 Å². The summed E-state index contributed by atoms with van der Waals surface area (Å²) in [6.45, 7) is 7.59. The molecule has 1 aromatic heterocycles. The molecule has 1 atom stereocenters. The van der Waals surface area contributed by atoms with E-state index >= 15 is 0 Å². The summed E-state index contributed by atoms with van der Waals surface area (Å²) in [5, 5.41) is 2.48. The van der Waals surface area contributed by atoms with Crippen molar-refractivity contribution in [1.29, 1.82) is 0 Å². The molecule has 0 aliphatic carbocycles. The van der Waals surface area contributed by atoms with E-state index in [4.69, 9.17) is 11.6 Å². The molecule has 0 amide bonds. The van der Waals surface area contributed by atoms with Crippen LogP contribution in [0.1, 0.15) is 33.3 Å². The van der Waals surface area contributed by atoms with Crippen LogP contribution in [0.25, 0.3) is 10.8 Å². The molecule has 0 fully saturated rings. The van der Waals surface area contributed by atoms with Gasteiger partial charge in [0.1, 0.15) is 16.1 Å². The zero-order valence-corrected chi connectivity index (χ0v) is 13.5. The van der Waals surface area contributed by atoms with Crippen molar-refractivity contribution in [1.82, 2.24) is 4.98 Å². The van der Waals surface area contributed by atoms with Crippen LogP contribution < -0.4 is 0 Å². The van der Waals surface area contributed by atoms with Crippen molar-refractivity contribution < 1.29 is 4.21 Å². The minimum Gasteiger partial charge on any atom is -0.244 e. The van der Waals surface area contributed by atoms with Gasteiger partial charge >= 0.3 is 0 Å². The Hall–Kier alpha value is -1.26. The largest absolute Gasteiger partial charge is 0.244 e. The fourth-order valence-electron chi connectivity index (χ4n) is 1.65. The summed E-state index contributed by atoms with van der Waals surface area (Å²) in [6, 6.07) is 7.72. The summed E-state index contributed by atoms with van der Waals surface area (Å²) in [5.41, 5.74) is 1.70. The van der Waals surface area contributed by atoms with E-state index in [-0.39, 0.29) is 4.75 Å². The highest BCUT2D eigenvalue weighted by Gasteiger charge is 2.19. The van der Waals surface area contributed by atoms with Gasteiger partial charge in [-0.05, 0) is 50.8 Å². The molecule has 0 unspecified atom stereocenters.